The van der Waals surface area contributed by atoms with Crippen molar-refractivity contribution in [2.75, 3.05) is 28.7 Å². The molecule has 158 valence electrons. The molecular formula is C20H19BrN8O2. The van der Waals surface area contributed by atoms with Crippen LogP contribution in [0.2, 0.25) is 0 Å². The predicted octanol–water partition coefficient (Wildman–Crippen LogP) is 4.33. The zero-order valence-corrected chi connectivity index (χ0v) is 18.0. The fourth-order valence-corrected chi connectivity index (χ4v) is 3.49. The molecule has 1 aromatic heterocycles. The van der Waals surface area contributed by atoms with Crippen molar-refractivity contribution in [1.29, 1.82) is 0 Å². The number of nitrogens with one attached hydrogen (secondary N) is 2. The van der Waals surface area contributed by atoms with Crippen LogP contribution in [0.4, 0.5) is 29.2 Å². The molecule has 2 N–H and O–H groups in total. The van der Waals surface area contributed by atoms with Gasteiger partial charge in [-0.1, -0.05) is 28.1 Å². The Hall–Kier alpha value is -3.60. The predicted molar refractivity (Wildman–Crippen MR) is 123 cm³/mol. The Bertz CT molecular complexity index is 1100. The molecule has 4 rings (SSSR count). The van der Waals surface area contributed by atoms with Crippen LogP contribution in [-0.2, 0) is 0 Å². The van der Waals surface area contributed by atoms with Crippen LogP contribution in [0.25, 0.3) is 0 Å². The van der Waals surface area contributed by atoms with Gasteiger partial charge in [-0.2, -0.15) is 20.1 Å². The summed E-state index contributed by atoms with van der Waals surface area (Å²) in [7, 11) is 0. The normalized spacial score (nSPS) is 13.5. The van der Waals surface area contributed by atoms with E-state index in [9.17, 15) is 10.1 Å². The van der Waals surface area contributed by atoms with Crippen LogP contribution in [-0.4, -0.2) is 39.2 Å². The molecule has 11 heteroatoms. The van der Waals surface area contributed by atoms with E-state index in [1.807, 2.05) is 24.3 Å². The van der Waals surface area contributed by atoms with Gasteiger partial charge in [0.1, 0.15) is 0 Å². The standard InChI is InChI=1S/C20H19BrN8O2/c21-15-5-3-4-14(12-15)13-22-27-19-24-18(25-20(26-19)28-10-1-2-11-28)23-16-6-8-17(9-7-16)29(30)31/h3-9,12-13H,1-2,10-11H2,(H2,23,24,25,26,27)/b22-13-. The summed E-state index contributed by atoms with van der Waals surface area (Å²) in [6.07, 6.45) is 3.84. The molecular weight excluding hydrogens is 464 g/mol. The highest BCUT2D eigenvalue weighted by Crippen LogP contribution is 2.22. The number of non-ortho nitro benzene ring substituents is 1. The number of halogens is 1. The average Bonchev–Trinajstić information content (AvgIpc) is 3.29. The largest absolute Gasteiger partial charge is 0.341 e. The number of hydrogen-bond donors (Lipinski definition) is 2. The lowest BCUT2D eigenvalue weighted by Crippen LogP contribution is -2.21. The summed E-state index contributed by atoms with van der Waals surface area (Å²) < 4.78 is 0.961. The third-order valence-electron chi connectivity index (χ3n) is 4.57. The minimum absolute atomic E-state index is 0.0168. The van der Waals surface area contributed by atoms with Gasteiger partial charge in [-0.15, -0.1) is 0 Å². The van der Waals surface area contributed by atoms with Gasteiger partial charge >= 0.3 is 0 Å². The van der Waals surface area contributed by atoms with Crippen molar-refractivity contribution in [3.05, 3.63) is 68.7 Å². The minimum Gasteiger partial charge on any atom is -0.341 e. The van der Waals surface area contributed by atoms with E-state index in [-0.39, 0.29) is 5.69 Å². The van der Waals surface area contributed by atoms with E-state index in [0.29, 0.717) is 23.5 Å². The van der Waals surface area contributed by atoms with Gasteiger partial charge in [-0.3, -0.25) is 10.1 Å². The number of aromatic nitrogens is 3. The summed E-state index contributed by atoms with van der Waals surface area (Å²) in [6, 6.07) is 13.8. The van der Waals surface area contributed by atoms with Gasteiger partial charge in [0.05, 0.1) is 11.1 Å². The summed E-state index contributed by atoms with van der Waals surface area (Å²) in [5, 5.41) is 18.2. The minimum atomic E-state index is -0.441. The molecule has 10 nitrogen and oxygen atoms in total. The molecule has 1 fully saturated rings. The summed E-state index contributed by atoms with van der Waals surface area (Å²) in [6.45, 7) is 1.75. The second-order valence-electron chi connectivity index (χ2n) is 6.83. The monoisotopic (exact) mass is 482 g/mol. The lowest BCUT2D eigenvalue weighted by molar-refractivity contribution is -0.384. The molecule has 1 aliphatic rings. The summed E-state index contributed by atoms with van der Waals surface area (Å²) >= 11 is 3.43. The summed E-state index contributed by atoms with van der Waals surface area (Å²) in [5.41, 5.74) is 4.43. The van der Waals surface area contributed by atoms with Crippen molar-refractivity contribution in [1.82, 2.24) is 15.0 Å². The smallest absolute Gasteiger partial charge is 0.269 e. The number of anilines is 4. The maximum Gasteiger partial charge on any atom is 0.269 e. The molecule has 0 spiro atoms. The van der Waals surface area contributed by atoms with E-state index < -0.39 is 4.92 Å². The maximum atomic E-state index is 10.9. The lowest BCUT2D eigenvalue weighted by atomic mass is 10.2. The van der Waals surface area contributed by atoms with Gasteiger partial charge < -0.3 is 10.2 Å². The Morgan fingerprint density at radius 1 is 1.06 bits per heavy atom. The molecule has 2 aromatic carbocycles. The zero-order valence-electron chi connectivity index (χ0n) is 16.4. The lowest BCUT2D eigenvalue weighted by Gasteiger charge is -2.16. The third-order valence-corrected chi connectivity index (χ3v) is 5.07. The molecule has 3 aromatic rings. The molecule has 1 saturated heterocycles. The van der Waals surface area contributed by atoms with Crippen molar-refractivity contribution in [2.45, 2.75) is 12.8 Å². The van der Waals surface area contributed by atoms with Crippen molar-refractivity contribution >= 4 is 51.4 Å². The summed E-state index contributed by atoms with van der Waals surface area (Å²) in [5.74, 6) is 1.18. The molecule has 0 amide bonds. The molecule has 0 atom stereocenters. The fraction of sp³-hybridized carbons (Fsp3) is 0.200. The van der Waals surface area contributed by atoms with Gasteiger partial charge in [0, 0.05) is 35.4 Å². The van der Waals surface area contributed by atoms with Crippen molar-refractivity contribution in [3.63, 3.8) is 0 Å². The second-order valence-corrected chi connectivity index (χ2v) is 7.75. The quantitative estimate of drug-likeness (QED) is 0.289. The van der Waals surface area contributed by atoms with E-state index >= 15 is 0 Å². The number of nitrogens with zero attached hydrogens (tertiary/aromatic N) is 6. The van der Waals surface area contributed by atoms with Crippen LogP contribution >= 0.6 is 15.9 Å². The first kappa shape index (κ1) is 20.7. The molecule has 0 aliphatic carbocycles. The van der Waals surface area contributed by atoms with Gasteiger partial charge in [0.2, 0.25) is 17.8 Å². The van der Waals surface area contributed by atoms with E-state index in [2.05, 4.69) is 51.6 Å². The second kappa shape index (κ2) is 9.47. The number of nitro groups is 1. The number of hydrogen-bond acceptors (Lipinski definition) is 9. The molecule has 31 heavy (non-hydrogen) atoms. The third kappa shape index (κ3) is 5.51. The summed E-state index contributed by atoms with van der Waals surface area (Å²) in [4.78, 5) is 25.9. The van der Waals surface area contributed by atoms with Crippen LogP contribution in [0.1, 0.15) is 18.4 Å². The zero-order chi connectivity index (χ0) is 21.6. The first-order chi connectivity index (χ1) is 15.1. The van der Waals surface area contributed by atoms with Crippen LogP contribution in [0.15, 0.2) is 58.1 Å². The number of hydrazone groups is 1. The maximum absolute atomic E-state index is 10.9. The Labute approximate surface area is 186 Å². The van der Waals surface area contributed by atoms with E-state index in [4.69, 9.17) is 0 Å². The molecule has 0 unspecified atom stereocenters. The van der Waals surface area contributed by atoms with Gasteiger partial charge in [0.15, 0.2) is 0 Å². The highest BCUT2D eigenvalue weighted by atomic mass is 79.9. The Morgan fingerprint density at radius 2 is 1.81 bits per heavy atom. The van der Waals surface area contributed by atoms with Crippen molar-refractivity contribution in [3.8, 4) is 0 Å². The van der Waals surface area contributed by atoms with Gasteiger partial charge in [0.25, 0.3) is 5.69 Å². The van der Waals surface area contributed by atoms with Crippen LogP contribution in [0.3, 0.4) is 0 Å². The number of benzene rings is 2. The van der Waals surface area contributed by atoms with Crippen LogP contribution < -0.4 is 15.6 Å². The van der Waals surface area contributed by atoms with Crippen LogP contribution in [0.5, 0.6) is 0 Å². The molecule has 1 aliphatic heterocycles. The Morgan fingerprint density at radius 3 is 2.52 bits per heavy atom. The van der Waals surface area contributed by atoms with Gasteiger partial charge in [-0.05, 0) is 42.7 Å². The highest BCUT2D eigenvalue weighted by molar-refractivity contribution is 9.10. The van der Waals surface area contributed by atoms with Crippen molar-refractivity contribution < 1.29 is 4.92 Å². The first-order valence-corrected chi connectivity index (χ1v) is 10.4. The van der Waals surface area contributed by atoms with Crippen molar-refractivity contribution in [2.24, 2.45) is 5.10 Å². The Balaban J connectivity index is 1.55. The van der Waals surface area contributed by atoms with Crippen LogP contribution in [0, 0.1) is 10.1 Å². The molecule has 2 heterocycles. The number of rotatable bonds is 7. The SMILES string of the molecule is O=[N+]([O-])c1ccc(Nc2nc(N/N=C\c3cccc(Br)c3)nc(N3CCCC3)n2)cc1. The first-order valence-electron chi connectivity index (χ1n) is 9.64. The Kier molecular flexibility index (Phi) is 6.32. The average molecular weight is 483 g/mol. The fourth-order valence-electron chi connectivity index (χ4n) is 3.08. The highest BCUT2D eigenvalue weighted by Gasteiger charge is 2.17. The van der Waals surface area contributed by atoms with E-state index in [1.165, 1.54) is 12.1 Å². The molecule has 0 saturated carbocycles. The topological polar surface area (TPSA) is 121 Å². The van der Waals surface area contributed by atoms with E-state index in [0.717, 1.165) is 36.0 Å². The molecule has 0 bridgehead atoms. The molecule has 0 radical (unpaired) electrons. The van der Waals surface area contributed by atoms with E-state index in [1.54, 1.807) is 18.3 Å². The number of nitro benzene ring substituents is 1. The van der Waals surface area contributed by atoms with Gasteiger partial charge in [-0.25, -0.2) is 5.43 Å².